The third-order valence-corrected chi connectivity index (χ3v) is 3.93. The van der Waals surface area contributed by atoms with Crippen LogP contribution in [0.25, 0.3) is 0 Å². The number of hydrogen-bond donors (Lipinski definition) is 3. The molecule has 2 heterocycles. The summed E-state index contributed by atoms with van der Waals surface area (Å²) < 4.78 is 4.88. The Morgan fingerprint density at radius 3 is 3.20 bits per heavy atom. The number of nitrogens with one attached hydrogen (secondary N) is 2. The van der Waals surface area contributed by atoms with Crippen LogP contribution in [0.4, 0.5) is 5.69 Å². The molecule has 1 atom stereocenters. The van der Waals surface area contributed by atoms with E-state index in [0.29, 0.717) is 12.5 Å². The van der Waals surface area contributed by atoms with Gasteiger partial charge in [0, 0.05) is 11.9 Å². The van der Waals surface area contributed by atoms with Gasteiger partial charge in [-0.25, -0.2) is 4.99 Å². The maximum atomic E-state index is 9.09. The number of rotatable bonds is 2. The first-order chi connectivity index (χ1) is 7.15. The number of aliphatic hydroxyl groups is 1. The van der Waals surface area contributed by atoms with Crippen LogP contribution in [-0.4, -0.2) is 23.7 Å². The zero-order valence-electron chi connectivity index (χ0n) is 7.95. The summed E-state index contributed by atoms with van der Waals surface area (Å²) >= 11 is 8.88. The molecular formula is C8H10ClN3OS2. The Bertz CT molecular complexity index is 391. The molecule has 1 aliphatic rings. The second-order valence-corrected chi connectivity index (χ2v) is 5.88. The van der Waals surface area contributed by atoms with Crippen LogP contribution in [0.2, 0.25) is 4.34 Å². The van der Waals surface area contributed by atoms with E-state index >= 15 is 0 Å². The summed E-state index contributed by atoms with van der Waals surface area (Å²) in [5.74, 6) is 0.655. The van der Waals surface area contributed by atoms with Crippen molar-refractivity contribution in [2.45, 2.75) is 17.2 Å². The van der Waals surface area contributed by atoms with Crippen LogP contribution in [-0.2, 0) is 0 Å². The predicted molar refractivity (Wildman–Crippen MR) is 65.9 cm³/mol. The number of halogens is 1. The lowest BCUT2D eigenvalue weighted by atomic mass is 10.4. The van der Waals surface area contributed by atoms with Crippen LogP contribution in [0, 0.1) is 0 Å². The highest BCUT2D eigenvalue weighted by Crippen LogP contribution is 2.39. The third kappa shape index (κ3) is 2.78. The fraction of sp³-hybridized carbons (Fsp3) is 0.375. The molecule has 1 aromatic rings. The van der Waals surface area contributed by atoms with Crippen LogP contribution in [0.1, 0.15) is 6.92 Å². The molecule has 1 aromatic heterocycles. The molecule has 15 heavy (non-hydrogen) atoms. The molecule has 0 amide bonds. The molecule has 82 valence electrons. The largest absolute Gasteiger partial charge is 0.391 e. The first-order valence-electron chi connectivity index (χ1n) is 4.37. The first kappa shape index (κ1) is 11.1. The lowest BCUT2D eigenvalue weighted by molar-refractivity contribution is 0.204. The predicted octanol–water partition coefficient (Wildman–Crippen LogP) is 2.16. The van der Waals surface area contributed by atoms with Crippen LogP contribution >= 0.6 is 34.9 Å². The summed E-state index contributed by atoms with van der Waals surface area (Å²) in [6, 6.07) is 1.87. The number of hydrogen-bond acceptors (Lipinski definition) is 4. The SMILES string of the molecule is CC(O)CN=C1NSc2sc(Cl)cc2N1. The van der Waals surface area contributed by atoms with Crippen molar-refractivity contribution in [2.75, 3.05) is 11.9 Å². The molecular weight excluding hydrogens is 254 g/mol. The molecule has 0 fully saturated rings. The summed E-state index contributed by atoms with van der Waals surface area (Å²) in [6.07, 6.45) is -0.432. The van der Waals surface area contributed by atoms with Gasteiger partial charge >= 0.3 is 0 Å². The Morgan fingerprint density at radius 2 is 2.47 bits per heavy atom. The fourth-order valence-corrected chi connectivity index (χ4v) is 3.19. The van der Waals surface area contributed by atoms with E-state index < -0.39 is 6.10 Å². The van der Waals surface area contributed by atoms with Crippen LogP contribution in [0.5, 0.6) is 0 Å². The zero-order valence-corrected chi connectivity index (χ0v) is 10.3. The molecule has 0 saturated heterocycles. The number of nitrogens with zero attached hydrogens (tertiary/aromatic N) is 1. The standard InChI is InChI=1S/C8H10ClN3OS2/c1-4(13)3-10-8-11-5-2-6(9)14-7(5)15-12-8/h2,4,13H,3H2,1H3,(H2,10,11,12). The average Bonchev–Trinajstić information content (AvgIpc) is 2.53. The molecule has 0 aliphatic carbocycles. The van der Waals surface area contributed by atoms with Crippen molar-refractivity contribution >= 4 is 46.5 Å². The lowest BCUT2D eigenvalue weighted by Crippen LogP contribution is -2.29. The lowest BCUT2D eigenvalue weighted by Gasteiger charge is -2.17. The van der Waals surface area contributed by atoms with E-state index in [9.17, 15) is 0 Å². The quantitative estimate of drug-likeness (QED) is 0.716. The summed E-state index contributed by atoms with van der Waals surface area (Å²) in [5, 5.41) is 12.2. The molecule has 3 N–H and O–H groups in total. The van der Waals surface area contributed by atoms with Crippen molar-refractivity contribution < 1.29 is 5.11 Å². The van der Waals surface area contributed by atoms with Gasteiger partial charge in [0.2, 0.25) is 5.96 Å². The number of aliphatic imine (C=N–C) groups is 1. The van der Waals surface area contributed by atoms with Gasteiger partial charge in [-0.05, 0) is 13.0 Å². The second-order valence-electron chi connectivity index (χ2n) is 3.12. The van der Waals surface area contributed by atoms with Crippen molar-refractivity contribution in [1.29, 1.82) is 0 Å². The number of fused-ring (bicyclic) bond motifs is 1. The van der Waals surface area contributed by atoms with E-state index in [1.807, 2.05) is 6.07 Å². The van der Waals surface area contributed by atoms with Gasteiger partial charge in [-0.2, -0.15) is 0 Å². The van der Waals surface area contributed by atoms with Crippen LogP contribution in [0.15, 0.2) is 15.3 Å². The molecule has 1 aliphatic heterocycles. The number of aliphatic hydroxyl groups excluding tert-OH is 1. The molecule has 4 nitrogen and oxygen atoms in total. The van der Waals surface area contributed by atoms with Gasteiger partial charge in [0.1, 0.15) is 4.21 Å². The first-order valence-corrected chi connectivity index (χ1v) is 6.38. The monoisotopic (exact) mass is 263 g/mol. The van der Waals surface area contributed by atoms with Gasteiger partial charge in [-0.15, -0.1) is 11.3 Å². The molecule has 7 heteroatoms. The Hall–Kier alpha value is -0.430. The average molecular weight is 264 g/mol. The summed E-state index contributed by atoms with van der Waals surface area (Å²) in [5.41, 5.74) is 0.970. The van der Waals surface area contributed by atoms with E-state index in [4.69, 9.17) is 16.7 Å². The number of anilines is 1. The Balaban J connectivity index is 2.08. The van der Waals surface area contributed by atoms with Crippen molar-refractivity contribution in [3.8, 4) is 0 Å². The van der Waals surface area contributed by atoms with Gasteiger partial charge in [-0.1, -0.05) is 11.6 Å². The van der Waals surface area contributed by atoms with E-state index in [-0.39, 0.29) is 0 Å². The zero-order chi connectivity index (χ0) is 10.8. The molecule has 0 radical (unpaired) electrons. The van der Waals surface area contributed by atoms with E-state index in [1.54, 1.807) is 6.92 Å². The minimum atomic E-state index is -0.432. The highest BCUT2D eigenvalue weighted by Gasteiger charge is 2.16. The molecule has 2 rings (SSSR count). The summed E-state index contributed by atoms with van der Waals surface area (Å²) in [7, 11) is 0. The Morgan fingerprint density at radius 1 is 1.67 bits per heavy atom. The molecule has 1 unspecified atom stereocenters. The van der Waals surface area contributed by atoms with Crippen molar-refractivity contribution in [1.82, 2.24) is 4.72 Å². The van der Waals surface area contributed by atoms with E-state index in [2.05, 4.69) is 15.0 Å². The maximum Gasteiger partial charge on any atom is 0.206 e. The second kappa shape index (κ2) is 4.61. The van der Waals surface area contributed by atoms with E-state index in [1.165, 1.54) is 23.3 Å². The van der Waals surface area contributed by atoms with Gasteiger partial charge in [0.15, 0.2) is 0 Å². The summed E-state index contributed by atoms with van der Waals surface area (Å²) in [4.78, 5) is 4.18. The van der Waals surface area contributed by atoms with Gasteiger partial charge in [0.25, 0.3) is 0 Å². The number of guanidine groups is 1. The maximum absolute atomic E-state index is 9.09. The Kier molecular flexibility index (Phi) is 3.40. The fourth-order valence-electron chi connectivity index (χ4n) is 1.05. The molecule has 0 saturated carbocycles. The van der Waals surface area contributed by atoms with Crippen LogP contribution in [0.3, 0.4) is 0 Å². The van der Waals surface area contributed by atoms with E-state index in [0.717, 1.165) is 14.2 Å². The van der Waals surface area contributed by atoms with Gasteiger partial charge in [-0.3, -0.25) is 4.72 Å². The highest BCUT2D eigenvalue weighted by atomic mass is 35.5. The minimum absolute atomic E-state index is 0.378. The third-order valence-electron chi connectivity index (χ3n) is 1.68. The normalized spacial score (nSPS) is 19.3. The smallest absolute Gasteiger partial charge is 0.206 e. The van der Waals surface area contributed by atoms with Crippen LogP contribution < -0.4 is 10.0 Å². The topological polar surface area (TPSA) is 56.7 Å². The molecule has 0 spiro atoms. The van der Waals surface area contributed by atoms with Gasteiger partial charge < -0.3 is 10.4 Å². The van der Waals surface area contributed by atoms with Crippen molar-refractivity contribution in [3.05, 3.63) is 10.4 Å². The molecule has 0 bridgehead atoms. The van der Waals surface area contributed by atoms with Crippen molar-refractivity contribution in [2.24, 2.45) is 4.99 Å². The minimum Gasteiger partial charge on any atom is -0.391 e. The van der Waals surface area contributed by atoms with Crippen molar-refractivity contribution in [3.63, 3.8) is 0 Å². The number of thiophene rings is 1. The highest BCUT2D eigenvalue weighted by molar-refractivity contribution is 8.00. The molecule has 0 aromatic carbocycles. The Labute approximate surface area is 101 Å². The summed E-state index contributed by atoms with van der Waals surface area (Å²) in [6.45, 7) is 2.08. The van der Waals surface area contributed by atoms with Gasteiger partial charge in [0.05, 0.1) is 22.7 Å².